The summed E-state index contributed by atoms with van der Waals surface area (Å²) < 4.78 is 6.85. The number of ketones is 1. The van der Waals surface area contributed by atoms with Gasteiger partial charge in [0, 0.05) is 57.7 Å². The third-order valence-electron chi connectivity index (χ3n) is 9.78. The maximum absolute atomic E-state index is 11.7. The molecular formula is C39H54IrNO3Si2-. The molecule has 0 bridgehead atoms. The molecule has 0 aliphatic heterocycles. The maximum atomic E-state index is 11.7. The van der Waals surface area contributed by atoms with Gasteiger partial charge in [-0.25, -0.2) is 0 Å². The van der Waals surface area contributed by atoms with Crippen molar-refractivity contribution >= 4 is 54.2 Å². The predicted molar refractivity (Wildman–Crippen MR) is 198 cm³/mol. The summed E-state index contributed by atoms with van der Waals surface area (Å²) in [6, 6.07) is 14.9. The van der Waals surface area contributed by atoms with E-state index in [2.05, 4.69) is 89.5 Å². The summed E-state index contributed by atoms with van der Waals surface area (Å²) in [5.74, 6) is 0.547. The fourth-order valence-electron chi connectivity index (χ4n) is 6.80. The standard InChI is InChI=1S/C26H30NOSi2.C13H24O2.Ir/c1-26(2)17-12-14-20(30(6,7)8)25-22(17)21-16(23-18(26)10-9-15-27-23)11-13-19(24(21)28-25)29(3,4)5;1-5-10(6-2)12(14)9-13(15)11(7-3)8-4;/h9-10,12-15H,1-8H3;9-11,14H,5-8H2,1-4H3;/q-1;;/b;12-9-;. The molecule has 0 spiro atoms. The first kappa shape index (κ1) is 38.1. The number of aliphatic hydroxyl groups is 1. The van der Waals surface area contributed by atoms with Gasteiger partial charge < -0.3 is 14.5 Å². The molecule has 2 heterocycles. The summed E-state index contributed by atoms with van der Waals surface area (Å²) in [5.41, 5.74) is 6.75. The number of hydrogen-bond donors (Lipinski definition) is 1. The predicted octanol–water partition coefficient (Wildman–Crippen LogP) is 10.0. The van der Waals surface area contributed by atoms with E-state index in [1.807, 2.05) is 33.9 Å². The Labute approximate surface area is 292 Å². The summed E-state index contributed by atoms with van der Waals surface area (Å²) in [6.45, 7) is 27.1. The van der Waals surface area contributed by atoms with E-state index in [9.17, 15) is 9.90 Å². The van der Waals surface area contributed by atoms with E-state index in [0.717, 1.165) is 48.1 Å². The number of hydrogen-bond acceptors (Lipinski definition) is 4. The van der Waals surface area contributed by atoms with Crippen molar-refractivity contribution in [3.63, 3.8) is 0 Å². The SMILES string of the molecule is CC1(C)c2cccnc2-c2[c-]cc([Si](C)(C)C)c3oc4c([Si](C)(C)C)ccc1c4c23.CCC(CC)C(=O)/C=C(\O)C(CC)CC.[Ir]. The fraction of sp³-hybridized carbons (Fsp3) is 0.487. The minimum absolute atomic E-state index is 0. The summed E-state index contributed by atoms with van der Waals surface area (Å²) in [6.07, 6.45) is 6.81. The normalized spacial score (nSPS) is 14.3. The zero-order valence-corrected chi connectivity index (χ0v) is 34.5. The van der Waals surface area contributed by atoms with Crippen LogP contribution in [0.1, 0.15) is 78.4 Å². The Morgan fingerprint density at radius 1 is 0.870 bits per heavy atom. The van der Waals surface area contributed by atoms with Crippen LogP contribution in [0.4, 0.5) is 0 Å². The van der Waals surface area contributed by atoms with Crippen molar-refractivity contribution < 1.29 is 34.4 Å². The minimum Gasteiger partial charge on any atom is -0.512 e. The second kappa shape index (κ2) is 14.4. The van der Waals surface area contributed by atoms with Crippen molar-refractivity contribution in [2.45, 2.75) is 112 Å². The molecular weight excluding hydrogens is 779 g/mol. The summed E-state index contributed by atoms with van der Waals surface area (Å²) >= 11 is 0. The Balaban J connectivity index is 0.000000309. The second-order valence-electron chi connectivity index (χ2n) is 15.3. The van der Waals surface area contributed by atoms with Crippen molar-refractivity contribution in [1.82, 2.24) is 4.98 Å². The van der Waals surface area contributed by atoms with Crippen LogP contribution in [-0.4, -0.2) is 32.0 Å². The number of aromatic nitrogens is 1. The molecule has 0 saturated carbocycles. The quantitative estimate of drug-likeness (QED) is 0.0790. The van der Waals surface area contributed by atoms with Crippen LogP contribution in [0.15, 0.2) is 52.8 Å². The number of rotatable bonds is 9. The van der Waals surface area contributed by atoms with Gasteiger partial charge in [-0.2, -0.15) is 0 Å². The third-order valence-corrected chi connectivity index (χ3v) is 13.8. The Hall–Kier alpha value is -2.32. The molecule has 4 aromatic rings. The number of aliphatic hydroxyl groups excluding tert-OH is 1. The van der Waals surface area contributed by atoms with Gasteiger partial charge in [-0.1, -0.05) is 115 Å². The molecule has 2 aromatic heterocycles. The van der Waals surface area contributed by atoms with Crippen LogP contribution in [0, 0.1) is 17.9 Å². The molecule has 0 saturated heterocycles. The van der Waals surface area contributed by atoms with Crippen molar-refractivity contribution in [3.05, 3.63) is 65.6 Å². The smallest absolute Gasteiger partial charge is 0.162 e. The fourth-order valence-corrected chi connectivity index (χ4v) is 9.61. The van der Waals surface area contributed by atoms with Gasteiger partial charge in [0.15, 0.2) is 5.78 Å². The molecule has 5 rings (SSSR count). The number of furan rings is 1. The van der Waals surface area contributed by atoms with Crippen molar-refractivity contribution in [2.75, 3.05) is 0 Å². The van der Waals surface area contributed by atoms with Gasteiger partial charge in [0.05, 0.1) is 19.4 Å². The van der Waals surface area contributed by atoms with E-state index in [4.69, 9.17) is 9.40 Å². The van der Waals surface area contributed by atoms with Gasteiger partial charge >= 0.3 is 0 Å². The number of carbonyl (C=O) groups excluding carboxylic acids is 1. The number of pyridine rings is 1. The van der Waals surface area contributed by atoms with Crippen LogP contribution in [0.5, 0.6) is 0 Å². The Bertz CT molecular complexity index is 1730. The molecule has 1 aliphatic rings. The first-order chi connectivity index (χ1) is 21.0. The molecule has 0 atom stereocenters. The molecule has 7 heteroatoms. The summed E-state index contributed by atoms with van der Waals surface area (Å²) in [4.78, 5) is 16.6. The number of fused-ring (bicyclic) bond motifs is 2. The molecule has 4 nitrogen and oxygen atoms in total. The van der Waals surface area contributed by atoms with Crippen LogP contribution in [0.2, 0.25) is 39.3 Å². The topological polar surface area (TPSA) is 63.3 Å². The van der Waals surface area contributed by atoms with E-state index in [1.54, 1.807) is 0 Å². The van der Waals surface area contributed by atoms with E-state index in [-0.39, 0.29) is 48.9 Å². The van der Waals surface area contributed by atoms with E-state index in [0.29, 0.717) is 0 Å². The Kier molecular flexibility index (Phi) is 12.0. The third kappa shape index (κ3) is 7.08. The molecule has 1 N–H and O–H groups in total. The average Bonchev–Trinajstić information content (AvgIpc) is 3.33. The largest absolute Gasteiger partial charge is 0.512 e. The first-order valence-electron chi connectivity index (χ1n) is 16.9. The minimum atomic E-state index is -1.62. The van der Waals surface area contributed by atoms with Crippen LogP contribution >= 0.6 is 0 Å². The summed E-state index contributed by atoms with van der Waals surface area (Å²) in [7, 11) is -3.21. The van der Waals surface area contributed by atoms with Crippen LogP contribution in [0.25, 0.3) is 33.2 Å². The van der Waals surface area contributed by atoms with E-state index < -0.39 is 16.1 Å². The Morgan fingerprint density at radius 3 is 1.98 bits per heavy atom. The molecule has 2 aromatic carbocycles. The van der Waals surface area contributed by atoms with Crippen LogP contribution < -0.4 is 10.4 Å². The van der Waals surface area contributed by atoms with Gasteiger partial charge in [-0.15, -0.1) is 17.7 Å². The second-order valence-corrected chi connectivity index (χ2v) is 25.3. The first-order valence-corrected chi connectivity index (χ1v) is 23.9. The zero-order valence-electron chi connectivity index (χ0n) is 30.1. The van der Waals surface area contributed by atoms with E-state index >= 15 is 0 Å². The van der Waals surface area contributed by atoms with Gasteiger partial charge in [0.25, 0.3) is 0 Å². The molecule has 46 heavy (non-hydrogen) atoms. The monoisotopic (exact) mass is 833 g/mol. The molecule has 0 amide bonds. The Morgan fingerprint density at radius 2 is 1.43 bits per heavy atom. The molecule has 0 fully saturated rings. The van der Waals surface area contributed by atoms with Gasteiger partial charge in [-0.3, -0.25) is 4.79 Å². The van der Waals surface area contributed by atoms with Gasteiger partial charge in [0.2, 0.25) is 0 Å². The van der Waals surface area contributed by atoms with Crippen LogP contribution in [-0.2, 0) is 30.3 Å². The number of allylic oxidation sites excluding steroid dienone is 2. The van der Waals surface area contributed by atoms with E-state index in [1.165, 1.54) is 38.3 Å². The van der Waals surface area contributed by atoms with Crippen molar-refractivity contribution in [2.24, 2.45) is 11.8 Å². The van der Waals surface area contributed by atoms with Gasteiger partial charge in [0.1, 0.15) is 5.58 Å². The van der Waals surface area contributed by atoms with Crippen molar-refractivity contribution in [1.29, 1.82) is 0 Å². The number of benzene rings is 2. The zero-order chi connectivity index (χ0) is 33.5. The number of carbonyl (C=O) groups is 1. The average molecular weight is 833 g/mol. The van der Waals surface area contributed by atoms with Gasteiger partial charge in [-0.05, 0) is 53.6 Å². The molecule has 1 aliphatic carbocycles. The molecule has 0 unspecified atom stereocenters. The van der Waals surface area contributed by atoms with Crippen molar-refractivity contribution in [3.8, 4) is 11.3 Å². The molecule has 1 radical (unpaired) electrons. The van der Waals surface area contributed by atoms with Crippen LogP contribution in [0.3, 0.4) is 0 Å². The summed E-state index contributed by atoms with van der Waals surface area (Å²) in [5, 5.41) is 15.0. The maximum Gasteiger partial charge on any atom is 0.162 e. The molecule has 251 valence electrons. The number of nitrogens with zero attached hydrogens (tertiary/aromatic N) is 1.